The van der Waals surface area contributed by atoms with E-state index in [1.165, 1.54) is 26.0 Å². The van der Waals surface area contributed by atoms with E-state index >= 15 is 0 Å². The van der Waals surface area contributed by atoms with Crippen LogP contribution < -0.4 is 10.5 Å². The van der Waals surface area contributed by atoms with Crippen molar-refractivity contribution in [2.24, 2.45) is 5.41 Å². The lowest BCUT2D eigenvalue weighted by molar-refractivity contribution is -0.346. The Labute approximate surface area is 154 Å². The van der Waals surface area contributed by atoms with Gasteiger partial charge in [-0.3, -0.25) is 0 Å². The van der Waals surface area contributed by atoms with E-state index in [1.807, 2.05) is 20.8 Å². The predicted octanol–water partition coefficient (Wildman–Crippen LogP) is 6.78. The van der Waals surface area contributed by atoms with Gasteiger partial charge in [0.15, 0.2) is 0 Å². The zero-order valence-electron chi connectivity index (χ0n) is 16.6. The Morgan fingerprint density at radius 3 is 1.92 bits per heavy atom. The molecule has 1 aromatic rings. The van der Waals surface area contributed by atoms with E-state index in [0.29, 0.717) is 0 Å². The predicted molar refractivity (Wildman–Crippen MR) is 98.0 cm³/mol. The van der Waals surface area contributed by atoms with Crippen molar-refractivity contribution in [2.75, 3.05) is 5.73 Å². The summed E-state index contributed by atoms with van der Waals surface area (Å²) in [6.07, 6.45) is -3.04. The average Bonchev–Trinajstić information content (AvgIpc) is 2.55. The molecular formula is C20H31F4NO. The van der Waals surface area contributed by atoms with Crippen LogP contribution in [0.5, 0.6) is 5.75 Å². The lowest BCUT2D eigenvalue weighted by Crippen LogP contribution is -2.55. The van der Waals surface area contributed by atoms with Crippen LogP contribution in [0.4, 0.5) is 23.2 Å². The number of hydrogen-bond acceptors (Lipinski definition) is 2. The second kappa shape index (κ2) is 7.65. The number of rotatable bonds is 9. The molecule has 0 aliphatic carbocycles. The third kappa shape index (κ3) is 4.09. The van der Waals surface area contributed by atoms with Gasteiger partial charge in [0.2, 0.25) is 0 Å². The van der Waals surface area contributed by atoms with Crippen molar-refractivity contribution in [3.8, 4) is 5.75 Å². The van der Waals surface area contributed by atoms with Gasteiger partial charge in [-0.05, 0) is 42.4 Å². The van der Waals surface area contributed by atoms with Crippen molar-refractivity contribution < 1.29 is 22.3 Å². The topological polar surface area (TPSA) is 35.2 Å². The Hall–Kier alpha value is -1.46. The highest BCUT2D eigenvalue weighted by molar-refractivity contribution is 5.55. The van der Waals surface area contributed by atoms with E-state index in [0.717, 1.165) is 25.3 Å². The lowest BCUT2D eigenvalue weighted by Gasteiger charge is -2.39. The zero-order chi connectivity index (χ0) is 20.4. The van der Waals surface area contributed by atoms with Crippen LogP contribution in [0.15, 0.2) is 18.2 Å². The summed E-state index contributed by atoms with van der Waals surface area (Å²) in [6, 6.07) is 4.38. The molecule has 1 aromatic carbocycles. The van der Waals surface area contributed by atoms with E-state index < -0.39 is 23.2 Å². The van der Waals surface area contributed by atoms with Crippen LogP contribution in [0.3, 0.4) is 0 Å². The molecule has 0 atom stereocenters. The van der Waals surface area contributed by atoms with Crippen molar-refractivity contribution in [1.82, 2.24) is 0 Å². The number of benzene rings is 1. The maximum Gasteiger partial charge on any atom is 0.464 e. The van der Waals surface area contributed by atoms with Gasteiger partial charge in [-0.2, -0.15) is 17.6 Å². The fourth-order valence-corrected chi connectivity index (χ4v) is 3.08. The number of halogens is 4. The Kier molecular flexibility index (Phi) is 6.64. The van der Waals surface area contributed by atoms with Crippen LogP contribution >= 0.6 is 0 Å². The molecule has 0 spiro atoms. The number of nitrogen functional groups attached to an aromatic ring is 1. The van der Waals surface area contributed by atoms with Crippen LogP contribution in [0.2, 0.25) is 0 Å². The SMILES string of the molecule is CCCC(C)(C)c1ccc(OC(F)(F)C(F)(F)C(C)(CC)CC)c(N)c1. The normalized spacial score (nSPS) is 13.8. The van der Waals surface area contributed by atoms with Crippen LogP contribution in [0.1, 0.15) is 72.8 Å². The minimum atomic E-state index is -4.66. The van der Waals surface area contributed by atoms with Crippen LogP contribution in [0, 0.1) is 5.41 Å². The van der Waals surface area contributed by atoms with Crippen molar-refractivity contribution in [3.63, 3.8) is 0 Å². The van der Waals surface area contributed by atoms with E-state index in [2.05, 4.69) is 4.74 Å². The summed E-state index contributed by atoms with van der Waals surface area (Å²) in [5, 5.41) is 0. The molecule has 2 N–H and O–H groups in total. The van der Waals surface area contributed by atoms with Crippen LogP contribution in [-0.2, 0) is 5.41 Å². The fraction of sp³-hybridized carbons (Fsp3) is 0.700. The van der Waals surface area contributed by atoms with Crippen molar-refractivity contribution >= 4 is 5.69 Å². The van der Waals surface area contributed by atoms with Crippen molar-refractivity contribution in [1.29, 1.82) is 0 Å². The monoisotopic (exact) mass is 377 g/mol. The standard InChI is InChI=1S/C20H31F4NO/c1-7-12-17(4,5)14-10-11-16(15(25)13-14)26-20(23,24)19(21,22)18(6,8-2)9-3/h10-11,13H,7-9,12,25H2,1-6H3. The molecule has 0 fully saturated rings. The average molecular weight is 377 g/mol. The van der Waals surface area contributed by atoms with Gasteiger partial charge in [0.05, 0.1) is 5.69 Å². The molecule has 0 bridgehead atoms. The highest BCUT2D eigenvalue weighted by Gasteiger charge is 2.68. The minimum absolute atomic E-state index is 0.0724. The molecule has 1 rings (SSSR count). The first-order chi connectivity index (χ1) is 11.8. The van der Waals surface area contributed by atoms with Gasteiger partial charge in [0.1, 0.15) is 5.75 Å². The summed E-state index contributed by atoms with van der Waals surface area (Å²) >= 11 is 0. The maximum absolute atomic E-state index is 14.5. The van der Waals surface area contributed by atoms with Crippen molar-refractivity contribution in [2.45, 2.75) is 84.7 Å². The smallest absolute Gasteiger partial charge is 0.426 e. The summed E-state index contributed by atoms with van der Waals surface area (Å²) in [4.78, 5) is 0. The highest BCUT2D eigenvalue weighted by Crippen LogP contribution is 2.52. The van der Waals surface area contributed by atoms with E-state index in [1.54, 1.807) is 6.07 Å². The molecule has 0 amide bonds. The van der Waals surface area contributed by atoms with E-state index in [4.69, 9.17) is 5.73 Å². The van der Waals surface area contributed by atoms with E-state index in [-0.39, 0.29) is 23.9 Å². The molecule has 2 nitrogen and oxygen atoms in total. The molecule has 150 valence electrons. The zero-order valence-corrected chi connectivity index (χ0v) is 16.6. The molecule has 0 heterocycles. The third-order valence-electron chi connectivity index (χ3n) is 5.59. The van der Waals surface area contributed by atoms with Gasteiger partial charge in [-0.25, -0.2) is 0 Å². The molecule has 0 saturated carbocycles. The van der Waals surface area contributed by atoms with Crippen LogP contribution in [0.25, 0.3) is 0 Å². The first-order valence-corrected chi connectivity index (χ1v) is 9.12. The number of anilines is 1. The number of nitrogens with two attached hydrogens (primary N) is 1. The second-order valence-electron chi connectivity index (χ2n) is 7.85. The van der Waals surface area contributed by atoms with Crippen LogP contribution in [-0.4, -0.2) is 12.0 Å². The Bertz CT molecular complexity index is 610. The maximum atomic E-state index is 14.5. The Balaban J connectivity index is 3.18. The van der Waals surface area contributed by atoms with Gasteiger partial charge in [0.25, 0.3) is 0 Å². The quantitative estimate of drug-likeness (QED) is 0.380. The van der Waals surface area contributed by atoms with Crippen molar-refractivity contribution in [3.05, 3.63) is 23.8 Å². The largest absolute Gasteiger partial charge is 0.464 e. The molecule has 0 aliphatic rings. The first kappa shape index (κ1) is 22.6. The Morgan fingerprint density at radius 1 is 0.962 bits per heavy atom. The highest BCUT2D eigenvalue weighted by atomic mass is 19.3. The van der Waals surface area contributed by atoms with Gasteiger partial charge >= 0.3 is 12.0 Å². The number of ether oxygens (including phenoxy) is 1. The molecule has 6 heteroatoms. The van der Waals surface area contributed by atoms with E-state index in [9.17, 15) is 17.6 Å². The lowest BCUT2D eigenvalue weighted by atomic mass is 9.77. The van der Waals surface area contributed by atoms with Gasteiger partial charge in [-0.15, -0.1) is 0 Å². The molecule has 0 radical (unpaired) electrons. The van der Waals surface area contributed by atoms with Gasteiger partial charge in [0, 0.05) is 5.41 Å². The molecule has 0 saturated heterocycles. The second-order valence-corrected chi connectivity index (χ2v) is 7.85. The number of hydrogen-bond donors (Lipinski definition) is 1. The molecule has 0 aliphatic heterocycles. The summed E-state index contributed by atoms with van der Waals surface area (Å²) in [6.45, 7) is 10.2. The molecule has 0 aromatic heterocycles. The molecule has 0 unspecified atom stereocenters. The molecule has 26 heavy (non-hydrogen) atoms. The van der Waals surface area contributed by atoms with Gasteiger partial charge < -0.3 is 10.5 Å². The summed E-state index contributed by atoms with van der Waals surface area (Å²) in [5.41, 5.74) is 4.54. The summed E-state index contributed by atoms with van der Waals surface area (Å²) < 4.78 is 62.2. The minimum Gasteiger partial charge on any atom is -0.426 e. The number of alkyl halides is 4. The molecular weight excluding hydrogens is 346 g/mol. The first-order valence-electron chi connectivity index (χ1n) is 9.12. The third-order valence-corrected chi connectivity index (χ3v) is 5.59. The van der Waals surface area contributed by atoms with Gasteiger partial charge in [-0.1, -0.05) is 54.0 Å². The Morgan fingerprint density at radius 2 is 1.50 bits per heavy atom. The summed E-state index contributed by atoms with van der Waals surface area (Å²) in [5.74, 6) is -4.77. The fourth-order valence-electron chi connectivity index (χ4n) is 3.08. The summed E-state index contributed by atoms with van der Waals surface area (Å²) in [7, 11) is 0.